The Morgan fingerprint density at radius 3 is 3.00 bits per heavy atom. The van der Waals surface area contributed by atoms with E-state index < -0.39 is 0 Å². The summed E-state index contributed by atoms with van der Waals surface area (Å²) in [4.78, 5) is 9.26. The number of halogens is 2. The molecule has 5 heteroatoms. The van der Waals surface area contributed by atoms with Gasteiger partial charge in [0.1, 0.15) is 11.3 Å². The Hall–Kier alpha value is -0.800. The van der Waals surface area contributed by atoms with Gasteiger partial charge in [0.2, 0.25) is 0 Å². The second kappa shape index (κ2) is 6.53. The molecule has 0 N–H and O–H groups in total. The average Bonchev–Trinajstić information content (AvgIpc) is 2.84. The van der Waals surface area contributed by atoms with E-state index >= 15 is 0 Å². The molecule has 21 heavy (non-hydrogen) atoms. The van der Waals surface area contributed by atoms with Crippen molar-refractivity contribution in [3.63, 3.8) is 0 Å². The van der Waals surface area contributed by atoms with Crippen LogP contribution in [0.5, 0.6) is 0 Å². The Labute approximate surface area is 135 Å². The Morgan fingerprint density at radius 1 is 1.38 bits per heavy atom. The third-order valence-corrected chi connectivity index (χ3v) is 4.98. The summed E-state index contributed by atoms with van der Waals surface area (Å²) in [6.07, 6.45) is 8.83. The molecule has 0 aromatic carbocycles. The molecule has 114 valence electrons. The summed E-state index contributed by atoms with van der Waals surface area (Å²) in [5, 5.41) is 0.639. The van der Waals surface area contributed by atoms with Crippen LogP contribution in [-0.2, 0) is 6.42 Å². The van der Waals surface area contributed by atoms with Crippen LogP contribution in [0.2, 0.25) is 5.02 Å². The number of fused-ring (bicyclic) bond motifs is 1. The number of alkyl halides is 1. The highest BCUT2D eigenvalue weighted by Crippen LogP contribution is 2.36. The van der Waals surface area contributed by atoms with Gasteiger partial charge in [-0.05, 0) is 24.8 Å². The predicted octanol–water partition coefficient (Wildman–Crippen LogP) is 5.01. The number of hydrogen-bond donors (Lipinski definition) is 0. The van der Waals surface area contributed by atoms with Gasteiger partial charge in [0.05, 0.1) is 5.02 Å². The van der Waals surface area contributed by atoms with Gasteiger partial charge in [-0.2, -0.15) is 0 Å². The largest absolute Gasteiger partial charge is 0.310 e. The average molecular weight is 326 g/mol. The predicted molar refractivity (Wildman–Crippen MR) is 88.2 cm³/mol. The maximum absolute atomic E-state index is 6.05. The van der Waals surface area contributed by atoms with Crippen molar-refractivity contribution in [1.29, 1.82) is 0 Å². The van der Waals surface area contributed by atoms with Gasteiger partial charge >= 0.3 is 0 Å². The van der Waals surface area contributed by atoms with E-state index in [0.29, 0.717) is 16.9 Å². The molecule has 0 spiro atoms. The van der Waals surface area contributed by atoms with E-state index in [1.807, 2.05) is 6.07 Å². The number of hydrogen-bond acceptors (Lipinski definition) is 2. The van der Waals surface area contributed by atoms with Gasteiger partial charge in [-0.3, -0.25) is 0 Å². The maximum Gasteiger partial charge on any atom is 0.160 e. The fraction of sp³-hybridized carbons (Fsp3) is 0.625. The maximum atomic E-state index is 6.05. The Kier molecular flexibility index (Phi) is 4.70. The van der Waals surface area contributed by atoms with Crippen molar-refractivity contribution in [2.45, 2.75) is 51.5 Å². The van der Waals surface area contributed by atoms with Crippen molar-refractivity contribution in [2.24, 2.45) is 5.92 Å². The van der Waals surface area contributed by atoms with Crippen molar-refractivity contribution >= 4 is 34.4 Å². The monoisotopic (exact) mass is 325 g/mol. The molecule has 1 fully saturated rings. The van der Waals surface area contributed by atoms with Crippen molar-refractivity contribution in [3.8, 4) is 0 Å². The summed E-state index contributed by atoms with van der Waals surface area (Å²) < 4.78 is 2.33. The van der Waals surface area contributed by atoms with Gasteiger partial charge in [0.15, 0.2) is 5.65 Å². The molecular formula is C16H21Cl2N3. The molecule has 1 aliphatic rings. The molecule has 2 unspecified atom stereocenters. The number of imidazole rings is 1. The number of pyridine rings is 1. The van der Waals surface area contributed by atoms with Crippen molar-refractivity contribution in [1.82, 2.24) is 14.5 Å². The highest BCUT2D eigenvalue weighted by atomic mass is 35.5. The van der Waals surface area contributed by atoms with E-state index in [4.69, 9.17) is 28.2 Å². The molecule has 2 atom stereocenters. The van der Waals surface area contributed by atoms with Crippen molar-refractivity contribution in [3.05, 3.63) is 23.1 Å². The van der Waals surface area contributed by atoms with Crippen LogP contribution in [-0.4, -0.2) is 20.4 Å². The number of rotatable bonds is 4. The Morgan fingerprint density at radius 2 is 2.24 bits per heavy atom. The first-order chi connectivity index (χ1) is 10.2. The van der Waals surface area contributed by atoms with Crippen molar-refractivity contribution in [2.75, 3.05) is 5.88 Å². The highest BCUT2D eigenvalue weighted by molar-refractivity contribution is 6.31. The third kappa shape index (κ3) is 3.04. The van der Waals surface area contributed by atoms with Crippen LogP contribution >= 0.6 is 23.2 Å². The third-order valence-electron chi connectivity index (χ3n) is 4.59. The van der Waals surface area contributed by atoms with E-state index in [2.05, 4.69) is 16.5 Å². The zero-order chi connectivity index (χ0) is 14.8. The molecule has 0 aliphatic heterocycles. The quantitative estimate of drug-likeness (QED) is 0.740. The second-order valence-electron chi connectivity index (χ2n) is 5.93. The first-order valence-corrected chi connectivity index (χ1v) is 8.72. The van der Waals surface area contributed by atoms with Crippen molar-refractivity contribution < 1.29 is 0 Å². The molecule has 3 nitrogen and oxygen atoms in total. The van der Waals surface area contributed by atoms with Gasteiger partial charge in [-0.15, -0.1) is 11.6 Å². The molecule has 2 heterocycles. The van der Waals surface area contributed by atoms with E-state index in [-0.39, 0.29) is 0 Å². The molecule has 3 rings (SSSR count). The minimum absolute atomic E-state index is 0.501. The van der Waals surface area contributed by atoms with Crippen LogP contribution in [0.15, 0.2) is 12.3 Å². The smallest absolute Gasteiger partial charge is 0.160 e. The van der Waals surface area contributed by atoms with Crippen LogP contribution < -0.4 is 0 Å². The molecule has 2 aromatic heterocycles. The molecular weight excluding hydrogens is 305 g/mol. The zero-order valence-corrected chi connectivity index (χ0v) is 13.9. The fourth-order valence-electron chi connectivity index (χ4n) is 3.52. The topological polar surface area (TPSA) is 30.7 Å². The van der Waals surface area contributed by atoms with Crippen LogP contribution in [0.1, 0.15) is 50.9 Å². The summed E-state index contributed by atoms with van der Waals surface area (Å²) >= 11 is 12.0. The Balaban J connectivity index is 2.04. The van der Waals surface area contributed by atoms with Gasteiger partial charge < -0.3 is 4.57 Å². The lowest BCUT2D eigenvalue weighted by Gasteiger charge is -2.30. The second-order valence-corrected chi connectivity index (χ2v) is 6.74. The summed E-state index contributed by atoms with van der Waals surface area (Å²) in [5.74, 6) is 2.45. The first kappa shape index (κ1) is 15.1. The highest BCUT2D eigenvalue weighted by Gasteiger charge is 2.26. The van der Waals surface area contributed by atoms with Gasteiger partial charge in [0.25, 0.3) is 0 Å². The molecule has 1 aliphatic carbocycles. The van der Waals surface area contributed by atoms with Gasteiger partial charge in [-0.25, -0.2) is 9.97 Å². The van der Waals surface area contributed by atoms with Crippen LogP contribution in [0.3, 0.4) is 0 Å². The van der Waals surface area contributed by atoms with E-state index in [1.54, 1.807) is 6.20 Å². The van der Waals surface area contributed by atoms with E-state index in [9.17, 15) is 0 Å². The first-order valence-electron chi connectivity index (χ1n) is 7.81. The molecule has 2 aromatic rings. The molecule has 0 radical (unpaired) electrons. The molecule has 0 saturated heterocycles. The van der Waals surface area contributed by atoms with Crippen LogP contribution in [0.25, 0.3) is 11.2 Å². The van der Waals surface area contributed by atoms with Gasteiger partial charge in [0, 0.05) is 24.5 Å². The molecule has 1 saturated carbocycles. The lowest BCUT2D eigenvalue weighted by Crippen LogP contribution is -2.21. The molecule has 0 bridgehead atoms. The fourth-order valence-corrected chi connectivity index (χ4v) is 3.84. The number of nitrogens with zero attached hydrogens (tertiary/aromatic N) is 3. The lowest BCUT2D eigenvalue weighted by molar-refractivity contribution is 0.261. The van der Waals surface area contributed by atoms with Crippen LogP contribution in [0, 0.1) is 5.92 Å². The number of aromatic nitrogens is 3. The lowest BCUT2D eigenvalue weighted by atomic mass is 9.84. The standard InChI is InChI=1S/C16H21Cl2N3/c1-2-11-4-3-5-13(8-11)21-15(6-7-17)20-14-9-12(18)10-19-16(14)21/h9-11,13H,2-8H2,1H3. The Bertz CT molecular complexity index is 623. The summed E-state index contributed by atoms with van der Waals surface area (Å²) in [6.45, 7) is 2.29. The summed E-state index contributed by atoms with van der Waals surface area (Å²) in [7, 11) is 0. The summed E-state index contributed by atoms with van der Waals surface area (Å²) in [6, 6.07) is 2.40. The minimum atomic E-state index is 0.501. The minimum Gasteiger partial charge on any atom is -0.310 e. The summed E-state index contributed by atoms with van der Waals surface area (Å²) in [5.41, 5.74) is 1.85. The van der Waals surface area contributed by atoms with Gasteiger partial charge in [-0.1, -0.05) is 37.8 Å². The van der Waals surface area contributed by atoms with E-state index in [0.717, 1.165) is 29.3 Å². The van der Waals surface area contributed by atoms with Crippen LogP contribution in [0.4, 0.5) is 0 Å². The van der Waals surface area contributed by atoms with E-state index in [1.165, 1.54) is 32.1 Å². The number of aryl methyl sites for hydroxylation is 1. The SMILES string of the molecule is CCC1CCCC(n2c(CCCl)nc3cc(Cl)cnc32)C1. The molecule has 0 amide bonds. The normalized spacial score (nSPS) is 22.8. The zero-order valence-electron chi connectivity index (χ0n) is 12.4.